The maximum absolute atomic E-state index is 12.7. The van der Waals surface area contributed by atoms with Gasteiger partial charge in [-0.05, 0) is 12.1 Å². The normalized spacial score (nSPS) is 17.3. The number of nitro groups is 1. The molecule has 3 rings (SSSR count). The minimum atomic E-state index is -1.18. The van der Waals surface area contributed by atoms with Gasteiger partial charge in [0.15, 0.2) is 5.78 Å². The number of nitrogens with zero attached hydrogens (tertiary/aromatic N) is 2. The van der Waals surface area contributed by atoms with Crippen LogP contribution in [0.5, 0.6) is 0 Å². The lowest BCUT2D eigenvalue weighted by Crippen LogP contribution is -2.41. The number of hydrogen-bond donors (Lipinski definition) is 0. The predicted octanol–water partition coefficient (Wildman–Crippen LogP) is 2.54. The lowest BCUT2D eigenvalue weighted by Gasteiger charge is -2.30. The van der Waals surface area contributed by atoms with Gasteiger partial charge in [0.05, 0.1) is 16.2 Å². The number of fused-ring (bicyclic) bond motifs is 1. The first-order valence-corrected chi connectivity index (χ1v) is 6.66. The Bertz CT molecular complexity index is 800. The highest BCUT2D eigenvalue weighted by atomic mass is 16.6. The number of carbonyl (C=O) groups is 2. The molecule has 1 aliphatic heterocycles. The predicted molar refractivity (Wildman–Crippen MR) is 80.0 cm³/mol. The average Bonchev–Trinajstić information content (AvgIpc) is 2.53. The van der Waals surface area contributed by atoms with Crippen molar-refractivity contribution in [2.45, 2.75) is 5.92 Å². The fraction of sp³-hybridized carbons (Fsp3) is 0.125. The fourth-order valence-corrected chi connectivity index (χ4v) is 2.73. The molecule has 6 nitrogen and oxygen atoms in total. The summed E-state index contributed by atoms with van der Waals surface area (Å²) in [5.74, 6) is -2.05. The molecule has 0 radical (unpaired) electrons. The van der Waals surface area contributed by atoms with E-state index in [1.807, 2.05) is 0 Å². The quantitative estimate of drug-likeness (QED) is 0.484. The molecule has 0 saturated heterocycles. The molecule has 1 heterocycles. The van der Waals surface area contributed by atoms with Gasteiger partial charge in [0.2, 0.25) is 5.91 Å². The van der Waals surface area contributed by atoms with E-state index < -0.39 is 22.5 Å². The number of anilines is 1. The Labute approximate surface area is 126 Å². The molecule has 22 heavy (non-hydrogen) atoms. The van der Waals surface area contributed by atoms with Crippen molar-refractivity contribution in [3.8, 4) is 0 Å². The van der Waals surface area contributed by atoms with Crippen molar-refractivity contribution in [1.82, 2.24) is 0 Å². The molecule has 0 unspecified atom stereocenters. The highest BCUT2D eigenvalue weighted by Crippen LogP contribution is 2.37. The van der Waals surface area contributed by atoms with Gasteiger partial charge in [0.1, 0.15) is 5.92 Å². The summed E-state index contributed by atoms with van der Waals surface area (Å²) in [6, 6.07) is 12.6. The molecule has 2 aromatic carbocycles. The zero-order valence-electron chi connectivity index (χ0n) is 11.7. The van der Waals surface area contributed by atoms with E-state index in [1.165, 1.54) is 23.1 Å². The second-order valence-corrected chi connectivity index (χ2v) is 5.03. The van der Waals surface area contributed by atoms with Gasteiger partial charge in [-0.25, -0.2) is 0 Å². The van der Waals surface area contributed by atoms with Gasteiger partial charge < -0.3 is 4.90 Å². The molecule has 1 aliphatic rings. The largest absolute Gasteiger partial charge is 0.314 e. The number of ketones is 1. The smallest absolute Gasteiger partial charge is 0.273 e. The first-order chi connectivity index (χ1) is 10.5. The Hall–Kier alpha value is -3.02. The van der Waals surface area contributed by atoms with E-state index in [4.69, 9.17) is 0 Å². The molecule has 0 aliphatic carbocycles. The molecular weight excluding hydrogens is 284 g/mol. The number of rotatable bonds is 2. The number of carbonyl (C=O) groups excluding carboxylic acids is 2. The second kappa shape index (κ2) is 5.07. The Morgan fingerprint density at radius 3 is 2.41 bits per heavy atom. The minimum absolute atomic E-state index is 0.129. The van der Waals surface area contributed by atoms with E-state index in [0.717, 1.165) is 0 Å². The number of amides is 1. The summed E-state index contributed by atoms with van der Waals surface area (Å²) in [6.07, 6.45) is 0. The SMILES string of the molecule is CN1C(=O)[C@@H](c2ccccc2[N+](=O)[O-])C(=O)c2ccccc21. The van der Waals surface area contributed by atoms with E-state index in [0.29, 0.717) is 11.3 Å². The molecule has 0 bridgehead atoms. The molecule has 110 valence electrons. The topological polar surface area (TPSA) is 80.5 Å². The van der Waals surface area contributed by atoms with E-state index in [1.54, 1.807) is 37.4 Å². The van der Waals surface area contributed by atoms with Gasteiger partial charge in [-0.2, -0.15) is 0 Å². The third kappa shape index (κ3) is 1.96. The van der Waals surface area contributed by atoms with Crippen molar-refractivity contribution >= 4 is 23.1 Å². The second-order valence-electron chi connectivity index (χ2n) is 5.03. The van der Waals surface area contributed by atoms with Gasteiger partial charge in [-0.3, -0.25) is 19.7 Å². The molecule has 1 atom stereocenters. The molecule has 0 aromatic heterocycles. The molecule has 2 aromatic rings. The van der Waals surface area contributed by atoms with Crippen LogP contribution < -0.4 is 4.90 Å². The third-order valence-electron chi connectivity index (χ3n) is 3.82. The van der Waals surface area contributed by atoms with Gasteiger partial charge >= 0.3 is 0 Å². The van der Waals surface area contributed by atoms with Crippen molar-refractivity contribution in [3.05, 3.63) is 69.8 Å². The lowest BCUT2D eigenvalue weighted by atomic mass is 9.84. The monoisotopic (exact) mass is 296 g/mol. The van der Waals surface area contributed by atoms with Crippen molar-refractivity contribution in [2.75, 3.05) is 11.9 Å². The van der Waals surface area contributed by atoms with Gasteiger partial charge in [0, 0.05) is 18.7 Å². The first-order valence-electron chi connectivity index (χ1n) is 6.66. The van der Waals surface area contributed by atoms with Crippen LogP contribution in [0.2, 0.25) is 0 Å². The zero-order valence-corrected chi connectivity index (χ0v) is 11.7. The number of nitro benzene ring substituents is 1. The van der Waals surface area contributed by atoms with Crippen LogP contribution in [0.3, 0.4) is 0 Å². The fourth-order valence-electron chi connectivity index (χ4n) is 2.73. The molecule has 0 N–H and O–H groups in total. The Morgan fingerprint density at radius 1 is 1.05 bits per heavy atom. The highest BCUT2D eigenvalue weighted by molar-refractivity contribution is 6.25. The number of Topliss-reactive ketones (excluding diaryl/α,β-unsaturated/α-hetero) is 1. The number of likely N-dealkylation sites (N-methyl/N-ethyl adjacent to an activating group) is 1. The maximum Gasteiger partial charge on any atom is 0.273 e. The van der Waals surface area contributed by atoms with E-state index in [-0.39, 0.29) is 11.3 Å². The third-order valence-corrected chi connectivity index (χ3v) is 3.82. The molecule has 0 saturated carbocycles. The van der Waals surface area contributed by atoms with E-state index >= 15 is 0 Å². The van der Waals surface area contributed by atoms with Crippen LogP contribution in [0.4, 0.5) is 11.4 Å². The summed E-state index contributed by atoms with van der Waals surface area (Å²) < 4.78 is 0. The van der Waals surface area contributed by atoms with Gasteiger partial charge in [-0.1, -0.05) is 30.3 Å². The Kier molecular flexibility index (Phi) is 3.21. The Balaban J connectivity index is 2.19. The van der Waals surface area contributed by atoms with Gasteiger partial charge in [0.25, 0.3) is 5.69 Å². The summed E-state index contributed by atoms with van der Waals surface area (Å²) in [7, 11) is 1.56. The van der Waals surface area contributed by atoms with Crippen LogP contribution in [-0.2, 0) is 4.79 Å². The molecule has 1 amide bonds. The van der Waals surface area contributed by atoms with Crippen molar-refractivity contribution < 1.29 is 14.5 Å². The first kappa shape index (κ1) is 13.9. The highest BCUT2D eigenvalue weighted by Gasteiger charge is 2.41. The minimum Gasteiger partial charge on any atom is -0.314 e. The number of para-hydroxylation sites is 2. The molecule has 6 heteroatoms. The average molecular weight is 296 g/mol. The molecular formula is C16H12N2O4. The Morgan fingerprint density at radius 2 is 1.68 bits per heavy atom. The summed E-state index contributed by atoms with van der Waals surface area (Å²) in [4.78, 5) is 37.2. The lowest BCUT2D eigenvalue weighted by molar-refractivity contribution is -0.385. The van der Waals surface area contributed by atoms with Crippen LogP contribution in [0.25, 0.3) is 0 Å². The van der Waals surface area contributed by atoms with Gasteiger partial charge in [-0.15, -0.1) is 0 Å². The van der Waals surface area contributed by atoms with Crippen LogP contribution in [0, 0.1) is 10.1 Å². The van der Waals surface area contributed by atoms with E-state index in [2.05, 4.69) is 0 Å². The molecule has 0 spiro atoms. The van der Waals surface area contributed by atoms with Crippen LogP contribution >= 0.6 is 0 Å². The summed E-state index contributed by atoms with van der Waals surface area (Å²) in [5, 5.41) is 11.2. The van der Waals surface area contributed by atoms with Crippen molar-refractivity contribution in [1.29, 1.82) is 0 Å². The van der Waals surface area contributed by atoms with Crippen molar-refractivity contribution in [2.24, 2.45) is 0 Å². The summed E-state index contributed by atoms with van der Waals surface area (Å²) >= 11 is 0. The number of benzene rings is 2. The maximum atomic E-state index is 12.7. The summed E-state index contributed by atoms with van der Waals surface area (Å²) in [5.41, 5.74) is 0.825. The van der Waals surface area contributed by atoms with E-state index in [9.17, 15) is 19.7 Å². The van der Waals surface area contributed by atoms with Crippen LogP contribution in [0.1, 0.15) is 21.8 Å². The number of hydrogen-bond acceptors (Lipinski definition) is 4. The van der Waals surface area contributed by atoms with Crippen LogP contribution in [-0.4, -0.2) is 23.7 Å². The molecule has 0 fully saturated rings. The zero-order chi connectivity index (χ0) is 15.9. The van der Waals surface area contributed by atoms with Crippen LogP contribution in [0.15, 0.2) is 48.5 Å². The summed E-state index contributed by atoms with van der Waals surface area (Å²) in [6.45, 7) is 0. The standard InChI is InChI=1S/C16H12N2O4/c1-17-12-8-4-3-7-11(12)15(19)14(16(17)20)10-6-2-5-9-13(10)18(21)22/h2-9,14H,1H3/t14-/m0/s1. The van der Waals surface area contributed by atoms with Crippen molar-refractivity contribution in [3.63, 3.8) is 0 Å².